The van der Waals surface area contributed by atoms with Crippen molar-refractivity contribution < 1.29 is 19.5 Å². The number of nitrogens with zero attached hydrogens (tertiary/aromatic N) is 2. The molecule has 6 nitrogen and oxygen atoms in total. The first-order valence-electron chi connectivity index (χ1n) is 5.76. The maximum Gasteiger partial charge on any atom is 0.337 e. The van der Waals surface area contributed by atoms with E-state index in [0.29, 0.717) is 11.1 Å². The number of carboxylic acids is 1. The molecule has 0 spiro atoms. The van der Waals surface area contributed by atoms with Gasteiger partial charge in [-0.15, -0.1) is 0 Å². The molecule has 1 aliphatic rings. The van der Waals surface area contributed by atoms with Gasteiger partial charge >= 0.3 is 5.97 Å². The molecule has 0 aliphatic carbocycles. The molecule has 1 aromatic carbocycles. The fourth-order valence-corrected chi connectivity index (χ4v) is 2.09. The molecule has 0 unspecified atom stereocenters. The van der Waals surface area contributed by atoms with Crippen LogP contribution in [0.15, 0.2) is 42.7 Å². The zero-order chi connectivity index (χ0) is 14.3. The van der Waals surface area contributed by atoms with Gasteiger partial charge in [0.25, 0.3) is 11.8 Å². The van der Waals surface area contributed by atoms with E-state index in [1.54, 1.807) is 24.3 Å². The second-order valence-electron chi connectivity index (χ2n) is 4.23. The molecule has 1 aromatic heterocycles. The number of carboxylic acid groups (broad SMARTS) is 1. The summed E-state index contributed by atoms with van der Waals surface area (Å²) in [6.45, 7) is 0. The molecule has 0 saturated heterocycles. The Kier molecular flexibility index (Phi) is 2.57. The maximum absolute atomic E-state index is 12.2. The lowest BCUT2D eigenvalue weighted by atomic mass is 10.1. The van der Waals surface area contributed by atoms with Gasteiger partial charge in [0.15, 0.2) is 0 Å². The molecule has 1 N–H and O–H groups in total. The first-order valence-corrected chi connectivity index (χ1v) is 5.76. The summed E-state index contributed by atoms with van der Waals surface area (Å²) in [6, 6.07) is 7.70. The van der Waals surface area contributed by atoms with Crippen molar-refractivity contribution in [2.24, 2.45) is 0 Å². The van der Waals surface area contributed by atoms with Gasteiger partial charge in [-0.3, -0.25) is 14.6 Å². The largest absolute Gasteiger partial charge is 0.478 e. The number of hydrogen-bond acceptors (Lipinski definition) is 4. The van der Waals surface area contributed by atoms with Crippen LogP contribution in [0.2, 0.25) is 0 Å². The van der Waals surface area contributed by atoms with E-state index in [1.165, 1.54) is 12.3 Å². The summed E-state index contributed by atoms with van der Waals surface area (Å²) in [5, 5.41) is 8.93. The van der Waals surface area contributed by atoms with Gasteiger partial charge in [-0.25, -0.2) is 9.69 Å². The maximum atomic E-state index is 12.2. The number of rotatable bonds is 2. The third-order valence-corrected chi connectivity index (χ3v) is 3.02. The smallest absolute Gasteiger partial charge is 0.337 e. The van der Waals surface area contributed by atoms with E-state index >= 15 is 0 Å². The van der Waals surface area contributed by atoms with Gasteiger partial charge in [-0.1, -0.05) is 12.1 Å². The van der Waals surface area contributed by atoms with Crippen molar-refractivity contribution in [3.63, 3.8) is 0 Å². The van der Waals surface area contributed by atoms with E-state index in [2.05, 4.69) is 4.98 Å². The molecule has 98 valence electrons. The van der Waals surface area contributed by atoms with E-state index < -0.39 is 17.8 Å². The first kappa shape index (κ1) is 12.0. The zero-order valence-corrected chi connectivity index (χ0v) is 10.1. The Labute approximate surface area is 113 Å². The SMILES string of the molecule is O=C(O)c1cncc(N2C(=O)c3ccccc3C2=O)c1. The molecule has 0 radical (unpaired) electrons. The molecule has 2 aromatic rings. The van der Waals surface area contributed by atoms with Crippen LogP contribution >= 0.6 is 0 Å². The van der Waals surface area contributed by atoms with E-state index in [1.807, 2.05) is 0 Å². The van der Waals surface area contributed by atoms with Crippen molar-refractivity contribution in [1.82, 2.24) is 4.98 Å². The van der Waals surface area contributed by atoms with Crippen molar-refractivity contribution in [1.29, 1.82) is 0 Å². The average Bonchev–Trinajstić information content (AvgIpc) is 2.72. The summed E-state index contributed by atoms with van der Waals surface area (Å²) in [4.78, 5) is 40.0. The summed E-state index contributed by atoms with van der Waals surface area (Å²) in [5.41, 5.74) is 0.673. The van der Waals surface area contributed by atoms with Crippen molar-refractivity contribution in [3.8, 4) is 0 Å². The van der Waals surface area contributed by atoms with Crippen LogP contribution in [0.4, 0.5) is 5.69 Å². The summed E-state index contributed by atoms with van der Waals surface area (Å²) >= 11 is 0. The van der Waals surface area contributed by atoms with Crippen molar-refractivity contribution in [2.75, 3.05) is 4.90 Å². The minimum atomic E-state index is -1.17. The van der Waals surface area contributed by atoms with Gasteiger partial charge in [0.2, 0.25) is 0 Å². The molecule has 6 heteroatoms. The summed E-state index contributed by atoms with van der Waals surface area (Å²) in [5.74, 6) is -2.12. The second-order valence-corrected chi connectivity index (χ2v) is 4.23. The number of aromatic carboxylic acids is 1. The van der Waals surface area contributed by atoms with Crippen LogP contribution in [0.1, 0.15) is 31.1 Å². The number of benzene rings is 1. The summed E-state index contributed by atoms with van der Waals surface area (Å²) in [7, 11) is 0. The van der Waals surface area contributed by atoms with Crippen molar-refractivity contribution in [3.05, 3.63) is 59.4 Å². The monoisotopic (exact) mass is 268 g/mol. The third-order valence-electron chi connectivity index (χ3n) is 3.02. The van der Waals surface area contributed by atoms with Gasteiger partial charge in [0.1, 0.15) is 0 Å². The molecular formula is C14H8N2O4. The molecule has 0 bridgehead atoms. The highest BCUT2D eigenvalue weighted by Crippen LogP contribution is 2.28. The van der Waals surface area contributed by atoms with Crippen LogP contribution in [0.25, 0.3) is 0 Å². The topological polar surface area (TPSA) is 87.6 Å². The molecule has 3 rings (SSSR count). The fourth-order valence-electron chi connectivity index (χ4n) is 2.09. The molecule has 2 amide bonds. The van der Waals surface area contributed by atoms with E-state index in [9.17, 15) is 14.4 Å². The van der Waals surface area contributed by atoms with Crippen LogP contribution in [-0.4, -0.2) is 27.9 Å². The molecule has 20 heavy (non-hydrogen) atoms. The molecule has 0 fully saturated rings. The van der Waals surface area contributed by atoms with Crippen molar-refractivity contribution >= 4 is 23.5 Å². The highest BCUT2D eigenvalue weighted by atomic mass is 16.4. The minimum absolute atomic E-state index is 0.0842. The minimum Gasteiger partial charge on any atom is -0.478 e. The number of imide groups is 1. The number of fused-ring (bicyclic) bond motifs is 1. The van der Waals surface area contributed by atoms with Crippen LogP contribution in [0, 0.1) is 0 Å². The number of anilines is 1. The van der Waals surface area contributed by atoms with Gasteiger partial charge in [0, 0.05) is 6.20 Å². The second kappa shape index (κ2) is 4.27. The predicted molar refractivity (Wildman–Crippen MR) is 68.8 cm³/mol. The van der Waals surface area contributed by atoms with Crippen LogP contribution in [0.3, 0.4) is 0 Å². The van der Waals surface area contributed by atoms with E-state index in [-0.39, 0.29) is 11.3 Å². The average molecular weight is 268 g/mol. The Morgan fingerprint density at radius 3 is 2.20 bits per heavy atom. The Morgan fingerprint density at radius 2 is 1.65 bits per heavy atom. The molecular weight excluding hydrogens is 260 g/mol. The number of carbonyl (C=O) groups is 3. The zero-order valence-electron chi connectivity index (χ0n) is 10.1. The lowest BCUT2D eigenvalue weighted by Gasteiger charge is -2.13. The molecule has 0 atom stereocenters. The van der Waals surface area contributed by atoms with Gasteiger partial charge in [-0.2, -0.15) is 0 Å². The van der Waals surface area contributed by atoms with Crippen LogP contribution < -0.4 is 4.90 Å². The quantitative estimate of drug-likeness (QED) is 0.835. The predicted octanol–water partition coefficient (Wildman–Crippen LogP) is 1.58. The van der Waals surface area contributed by atoms with Gasteiger partial charge in [-0.05, 0) is 18.2 Å². The number of amides is 2. The first-order chi connectivity index (χ1) is 9.59. The van der Waals surface area contributed by atoms with Crippen LogP contribution in [-0.2, 0) is 0 Å². The third kappa shape index (κ3) is 1.66. The number of aromatic nitrogens is 1. The lowest BCUT2D eigenvalue weighted by Crippen LogP contribution is -2.29. The molecule has 1 aliphatic heterocycles. The Balaban J connectivity index is 2.09. The van der Waals surface area contributed by atoms with Crippen molar-refractivity contribution in [2.45, 2.75) is 0 Å². The van der Waals surface area contributed by atoms with Gasteiger partial charge in [0.05, 0.1) is 28.6 Å². The Morgan fingerprint density at radius 1 is 1.05 bits per heavy atom. The number of carbonyl (C=O) groups excluding carboxylic acids is 2. The number of hydrogen-bond donors (Lipinski definition) is 1. The molecule has 2 heterocycles. The fraction of sp³-hybridized carbons (Fsp3) is 0. The van der Waals surface area contributed by atoms with Gasteiger partial charge < -0.3 is 5.11 Å². The Hall–Kier alpha value is -3.02. The Bertz CT molecular complexity index is 719. The number of pyridine rings is 1. The highest BCUT2D eigenvalue weighted by molar-refractivity contribution is 6.34. The standard InChI is InChI=1S/C14H8N2O4/c17-12-10-3-1-2-4-11(10)13(18)16(12)9-5-8(14(19)20)6-15-7-9/h1-7H,(H,19,20). The highest BCUT2D eigenvalue weighted by Gasteiger charge is 2.36. The van der Waals surface area contributed by atoms with Crippen LogP contribution in [0.5, 0.6) is 0 Å². The lowest BCUT2D eigenvalue weighted by molar-refractivity contribution is 0.0695. The van der Waals surface area contributed by atoms with E-state index in [0.717, 1.165) is 11.1 Å². The summed E-state index contributed by atoms with van der Waals surface area (Å²) < 4.78 is 0. The molecule has 0 saturated carbocycles. The normalized spacial score (nSPS) is 13.5. The van der Waals surface area contributed by atoms with E-state index in [4.69, 9.17) is 5.11 Å². The summed E-state index contributed by atoms with van der Waals surface area (Å²) in [6.07, 6.45) is 2.44.